The Balaban J connectivity index is 4.32. The molecule has 0 aliphatic heterocycles. The Morgan fingerprint density at radius 1 is 1.33 bits per heavy atom. The lowest BCUT2D eigenvalue weighted by Gasteiger charge is -2.23. The smallest absolute Gasteiger partial charge is 0.323 e. The number of rotatable bonds is 7. The summed E-state index contributed by atoms with van der Waals surface area (Å²) in [6.07, 6.45) is 2.15. The fraction of sp³-hybridized carbons (Fsp3) is 0.800. The summed E-state index contributed by atoms with van der Waals surface area (Å²) in [7, 11) is 0. The van der Waals surface area contributed by atoms with Gasteiger partial charge in [0.05, 0.1) is 6.04 Å². The van der Waals surface area contributed by atoms with E-state index in [0.29, 0.717) is 13.0 Å². The van der Waals surface area contributed by atoms with Crippen molar-refractivity contribution >= 4 is 11.9 Å². The average molecular weight is 216 g/mol. The van der Waals surface area contributed by atoms with Crippen LogP contribution in [-0.2, 0) is 9.59 Å². The third-order valence-electron chi connectivity index (χ3n) is 2.05. The van der Waals surface area contributed by atoms with Crippen LogP contribution in [0.15, 0.2) is 0 Å². The van der Waals surface area contributed by atoms with Crippen molar-refractivity contribution in [2.75, 3.05) is 13.1 Å². The third kappa shape index (κ3) is 5.37. The Morgan fingerprint density at radius 3 is 2.33 bits per heavy atom. The predicted octanol–water partition coefficient (Wildman–Crippen LogP) is 0.437. The molecule has 0 fully saturated rings. The van der Waals surface area contributed by atoms with Crippen LogP contribution in [0, 0.1) is 0 Å². The van der Waals surface area contributed by atoms with Crippen LogP contribution in [0.4, 0.5) is 0 Å². The van der Waals surface area contributed by atoms with Gasteiger partial charge < -0.3 is 15.7 Å². The highest BCUT2D eigenvalue weighted by Crippen LogP contribution is 2.01. The van der Waals surface area contributed by atoms with E-state index < -0.39 is 12.0 Å². The van der Waals surface area contributed by atoms with E-state index in [1.54, 1.807) is 0 Å². The van der Waals surface area contributed by atoms with E-state index in [9.17, 15) is 9.59 Å². The van der Waals surface area contributed by atoms with Crippen LogP contribution in [0.1, 0.15) is 33.1 Å². The highest BCUT2D eigenvalue weighted by molar-refractivity contribution is 5.85. The average Bonchev–Trinajstić information content (AvgIpc) is 2.16. The molecule has 5 nitrogen and oxygen atoms in total. The predicted molar refractivity (Wildman–Crippen MR) is 57.4 cm³/mol. The molecule has 3 N–H and O–H groups in total. The number of carboxylic acid groups (broad SMARTS) is 1. The Labute approximate surface area is 90.2 Å². The number of nitrogens with two attached hydrogens (primary N) is 1. The first-order valence-corrected chi connectivity index (χ1v) is 5.29. The van der Waals surface area contributed by atoms with E-state index in [2.05, 4.69) is 0 Å². The Kier molecular flexibility index (Phi) is 6.70. The minimum absolute atomic E-state index is 0.260. The number of hydrogen-bond acceptors (Lipinski definition) is 3. The van der Waals surface area contributed by atoms with Gasteiger partial charge >= 0.3 is 5.97 Å². The number of carbonyl (C=O) groups excluding carboxylic acids is 1. The number of carboxylic acids is 1. The van der Waals surface area contributed by atoms with Gasteiger partial charge in [-0.1, -0.05) is 20.3 Å². The Morgan fingerprint density at radius 2 is 1.93 bits per heavy atom. The quantitative estimate of drug-likeness (QED) is 0.646. The molecule has 0 saturated carbocycles. The molecule has 0 bridgehead atoms. The van der Waals surface area contributed by atoms with Gasteiger partial charge in [0.25, 0.3) is 0 Å². The van der Waals surface area contributed by atoms with Crippen LogP contribution in [0.2, 0.25) is 0 Å². The molecule has 0 aliphatic carbocycles. The Bertz CT molecular complexity index is 219. The molecule has 0 unspecified atom stereocenters. The first-order chi connectivity index (χ1) is 7.02. The molecular formula is C10H20N2O3. The first-order valence-electron chi connectivity index (χ1n) is 5.29. The largest absolute Gasteiger partial charge is 0.480 e. The molecule has 15 heavy (non-hydrogen) atoms. The maximum absolute atomic E-state index is 11.7. The highest BCUT2D eigenvalue weighted by atomic mass is 16.4. The summed E-state index contributed by atoms with van der Waals surface area (Å²) in [5.74, 6) is -1.26. The normalized spacial score (nSPS) is 12.2. The number of aliphatic carboxylic acids is 1. The van der Waals surface area contributed by atoms with Gasteiger partial charge in [0.2, 0.25) is 5.91 Å². The van der Waals surface area contributed by atoms with Crippen molar-refractivity contribution in [2.24, 2.45) is 5.73 Å². The van der Waals surface area contributed by atoms with Crippen LogP contribution >= 0.6 is 0 Å². The number of hydrogen-bond donors (Lipinski definition) is 2. The molecule has 1 atom stereocenters. The number of carbonyl (C=O) groups is 2. The minimum Gasteiger partial charge on any atom is -0.480 e. The van der Waals surface area contributed by atoms with Crippen molar-refractivity contribution in [1.82, 2.24) is 4.90 Å². The van der Waals surface area contributed by atoms with Gasteiger partial charge in [0.1, 0.15) is 6.54 Å². The van der Waals surface area contributed by atoms with Crippen LogP contribution < -0.4 is 5.73 Å². The zero-order chi connectivity index (χ0) is 11.8. The molecule has 0 radical (unpaired) electrons. The van der Waals surface area contributed by atoms with Crippen molar-refractivity contribution in [3.8, 4) is 0 Å². The lowest BCUT2D eigenvalue weighted by Crippen LogP contribution is -2.46. The van der Waals surface area contributed by atoms with Gasteiger partial charge in [-0.2, -0.15) is 0 Å². The minimum atomic E-state index is -1.000. The molecule has 0 aromatic carbocycles. The van der Waals surface area contributed by atoms with E-state index in [1.165, 1.54) is 4.90 Å². The zero-order valence-corrected chi connectivity index (χ0v) is 9.40. The van der Waals surface area contributed by atoms with Crippen LogP contribution in [0.5, 0.6) is 0 Å². The molecule has 0 rings (SSSR count). The summed E-state index contributed by atoms with van der Waals surface area (Å²) in [6.45, 7) is 4.02. The van der Waals surface area contributed by atoms with Gasteiger partial charge in [-0.05, 0) is 12.8 Å². The van der Waals surface area contributed by atoms with Crippen LogP contribution in [0.3, 0.4) is 0 Å². The Hall–Kier alpha value is -1.10. The summed E-state index contributed by atoms with van der Waals surface area (Å²) < 4.78 is 0. The second-order valence-corrected chi connectivity index (χ2v) is 3.55. The van der Waals surface area contributed by atoms with Gasteiger partial charge in [-0.3, -0.25) is 9.59 Å². The zero-order valence-electron chi connectivity index (χ0n) is 9.40. The fourth-order valence-electron chi connectivity index (χ4n) is 1.37. The van der Waals surface area contributed by atoms with Gasteiger partial charge in [0.15, 0.2) is 0 Å². The number of amides is 1. The van der Waals surface area contributed by atoms with Crippen LogP contribution in [-0.4, -0.2) is 41.0 Å². The molecule has 0 aromatic rings. The highest BCUT2D eigenvalue weighted by Gasteiger charge is 2.21. The SMILES string of the molecule is CCC[C@H](N)C(=O)N(CCC)CC(=O)O. The van der Waals surface area contributed by atoms with Crippen LogP contribution in [0.25, 0.3) is 0 Å². The summed E-state index contributed by atoms with van der Waals surface area (Å²) in [5.41, 5.74) is 5.65. The van der Waals surface area contributed by atoms with Crippen molar-refractivity contribution in [3.63, 3.8) is 0 Å². The summed E-state index contributed by atoms with van der Waals surface area (Å²) in [6, 6.07) is -0.569. The van der Waals surface area contributed by atoms with Gasteiger partial charge in [-0.25, -0.2) is 0 Å². The second kappa shape index (κ2) is 7.23. The van der Waals surface area contributed by atoms with Crippen molar-refractivity contribution in [3.05, 3.63) is 0 Å². The maximum Gasteiger partial charge on any atom is 0.323 e. The molecule has 0 heterocycles. The first kappa shape index (κ1) is 13.9. The van der Waals surface area contributed by atoms with Crippen molar-refractivity contribution in [1.29, 1.82) is 0 Å². The lowest BCUT2D eigenvalue weighted by molar-refractivity contribution is -0.145. The molecule has 0 aromatic heterocycles. The summed E-state index contributed by atoms with van der Waals surface area (Å²) in [4.78, 5) is 23.5. The van der Waals surface area contributed by atoms with E-state index in [0.717, 1.165) is 12.8 Å². The molecule has 88 valence electrons. The van der Waals surface area contributed by atoms with Crippen molar-refractivity contribution in [2.45, 2.75) is 39.2 Å². The molecule has 1 amide bonds. The van der Waals surface area contributed by atoms with E-state index >= 15 is 0 Å². The molecule has 0 saturated heterocycles. The fourth-order valence-corrected chi connectivity index (χ4v) is 1.37. The second-order valence-electron chi connectivity index (χ2n) is 3.55. The standard InChI is InChI=1S/C10H20N2O3/c1-3-5-8(11)10(15)12(6-4-2)7-9(13)14/h8H,3-7,11H2,1-2H3,(H,13,14)/t8-/m0/s1. The lowest BCUT2D eigenvalue weighted by atomic mass is 10.1. The summed E-state index contributed by atoms with van der Waals surface area (Å²) in [5, 5.41) is 8.64. The van der Waals surface area contributed by atoms with E-state index in [-0.39, 0.29) is 12.5 Å². The molecule has 5 heteroatoms. The number of nitrogens with zero attached hydrogens (tertiary/aromatic N) is 1. The monoisotopic (exact) mass is 216 g/mol. The topological polar surface area (TPSA) is 83.6 Å². The molecular weight excluding hydrogens is 196 g/mol. The van der Waals surface area contributed by atoms with Crippen molar-refractivity contribution < 1.29 is 14.7 Å². The van der Waals surface area contributed by atoms with E-state index in [1.807, 2.05) is 13.8 Å². The third-order valence-corrected chi connectivity index (χ3v) is 2.05. The molecule has 0 aliphatic rings. The van der Waals surface area contributed by atoms with Gasteiger partial charge in [-0.15, -0.1) is 0 Å². The van der Waals surface area contributed by atoms with Gasteiger partial charge in [0, 0.05) is 6.54 Å². The maximum atomic E-state index is 11.7. The van der Waals surface area contributed by atoms with E-state index in [4.69, 9.17) is 10.8 Å². The summed E-state index contributed by atoms with van der Waals surface area (Å²) >= 11 is 0. The molecule has 0 spiro atoms.